The first-order valence-electron chi connectivity index (χ1n) is 6.44. The van der Waals surface area contributed by atoms with Crippen molar-refractivity contribution in [2.24, 2.45) is 5.73 Å². The number of hydrogen-bond donors (Lipinski definition) is 1. The first-order chi connectivity index (χ1) is 8.72. The molecule has 19 heavy (non-hydrogen) atoms. The van der Waals surface area contributed by atoms with Crippen molar-refractivity contribution in [1.29, 1.82) is 0 Å². The molecule has 1 aliphatic heterocycles. The van der Waals surface area contributed by atoms with E-state index in [-0.39, 0.29) is 12.4 Å². The molecule has 0 spiro atoms. The molecule has 0 amide bonds. The average Bonchev–Trinajstić information content (AvgIpc) is 2.39. The van der Waals surface area contributed by atoms with Crippen molar-refractivity contribution in [3.63, 3.8) is 0 Å². The van der Waals surface area contributed by atoms with E-state index in [0.717, 1.165) is 30.4 Å². The van der Waals surface area contributed by atoms with Crippen LogP contribution in [-0.2, 0) is 11.3 Å². The normalized spacial score (nSPS) is 23.9. The van der Waals surface area contributed by atoms with Gasteiger partial charge in [0.05, 0.1) is 6.10 Å². The highest BCUT2D eigenvalue weighted by molar-refractivity contribution is 9.10. The third-order valence-corrected chi connectivity index (χ3v) is 4.16. The van der Waals surface area contributed by atoms with Crippen molar-refractivity contribution in [3.8, 4) is 0 Å². The van der Waals surface area contributed by atoms with E-state index in [1.54, 1.807) is 7.11 Å². The van der Waals surface area contributed by atoms with Crippen LogP contribution in [0.1, 0.15) is 18.4 Å². The predicted molar refractivity (Wildman–Crippen MR) is 84.7 cm³/mol. The zero-order chi connectivity index (χ0) is 13.0. The number of likely N-dealkylation sites (tertiary alicyclic amines) is 1. The molecule has 2 rings (SSSR count). The van der Waals surface area contributed by atoms with Gasteiger partial charge in [-0.25, -0.2) is 0 Å². The fourth-order valence-corrected chi connectivity index (χ4v) is 3.05. The summed E-state index contributed by atoms with van der Waals surface area (Å²) in [5.41, 5.74) is 7.22. The third kappa shape index (κ3) is 4.72. The molecule has 2 N–H and O–H groups in total. The second-order valence-electron chi connectivity index (χ2n) is 4.87. The standard InChI is InChI=1S/C14H21BrN2O.ClH/c1-18-14-5-6-17(13(8-14)9-16)10-11-3-2-4-12(15)7-11;/h2-4,7,13-14H,5-6,8-10,16H2,1H3;1H. The molecule has 3 nitrogen and oxygen atoms in total. The molecule has 1 aromatic rings. The maximum atomic E-state index is 5.89. The van der Waals surface area contributed by atoms with Gasteiger partial charge in [0, 0.05) is 37.3 Å². The lowest BCUT2D eigenvalue weighted by molar-refractivity contribution is 0.0102. The van der Waals surface area contributed by atoms with Crippen molar-refractivity contribution in [2.45, 2.75) is 31.5 Å². The van der Waals surface area contributed by atoms with Gasteiger partial charge in [-0.05, 0) is 30.5 Å². The molecule has 5 heteroatoms. The summed E-state index contributed by atoms with van der Waals surface area (Å²) in [6.45, 7) is 2.73. The van der Waals surface area contributed by atoms with Gasteiger partial charge in [0.2, 0.25) is 0 Å². The van der Waals surface area contributed by atoms with E-state index in [2.05, 4.69) is 45.1 Å². The summed E-state index contributed by atoms with van der Waals surface area (Å²) in [7, 11) is 1.79. The van der Waals surface area contributed by atoms with E-state index in [9.17, 15) is 0 Å². The smallest absolute Gasteiger partial charge is 0.0599 e. The molecule has 1 saturated heterocycles. The molecule has 2 atom stereocenters. The largest absolute Gasteiger partial charge is 0.381 e. The maximum Gasteiger partial charge on any atom is 0.0599 e. The van der Waals surface area contributed by atoms with E-state index in [4.69, 9.17) is 10.5 Å². The molecule has 0 radical (unpaired) electrons. The van der Waals surface area contributed by atoms with E-state index in [0.29, 0.717) is 18.7 Å². The van der Waals surface area contributed by atoms with Crippen molar-refractivity contribution in [1.82, 2.24) is 4.90 Å². The molecule has 2 unspecified atom stereocenters. The Kier molecular flexibility index (Phi) is 7.32. The number of nitrogens with two attached hydrogens (primary N) is 1. The minimum Gasteiger partial charge on any atom is -0.381 e. The quantitative estimate of drug-likeness (QED) is 0.908. The number of methoxy groups -OCH3 is 1. The fraction of sp³-hybridized carbons (Fsp3) is 0.571. The van der Waals surface area contributed by atoms with Crippen LogP contribution in [0.25, 0.3) is 0 Å². The van der Waals surface area contributed by atoms with Crippen LogP contribution in [0.15, 0.2) is 28.7 Å². The van der Waals surface area contributed by atoms with Crippen LogP contribution in [0.3, 0.4) is 0 Å². The summed E-state index contributed by atoms with van der Waals surface area (Å²) < 4.78 is 6.59. The van der Waals surface area contributed by atoms with Gasteiger partial charge >= 0.3 is 0 Å². The van der Waals surface area contributed by atoms with Crippen LogP contribution in [0, 0.1) is 0 Å². The lowest BCUT2D eigenvalue weighted by Crippen LogP contribution is -2.47. The van der Waals surface area contributed by atoms with Gasteiger partial charge in [-0.2, -0.15) is 0 Å². The Hall–Kier alpha value is -0.130. The van der Waals surface area contributed by atoms with Gasteiger partial charge < -0.3 is 10.5 Å². The summed E-state index contributed by atoms with van der Waals surface area (Å²) >= 11 is 3.52. The molecule has 108 valence electrons. The fourth-order valence-electron chi connectivity index (χ4n) is 2.60. The summed E-state index contributed by atoms with van der Waals surface area (Å²) in [6, 6.07) is 8.92. The second-order valence-corrected chi connectivity index (χ2v) is 5.79. The van der Waals surface area contributed by atoms with Crippen LogP contribution in [-0.4, -0.2) is 37.2 Å². The Balaban J connectivity index is 0.00000180. The molecule has 1 heterocycles. The summed E-state index contributed by atoms with van der Waals surface area (Å²) in [4.78, 5) is 2.47. The van der Waals surface area contributed by atoms with E-state index < -0.39 is 0 Å². The number of hydrogen-bond acceptors (Lipinski definition) is 3. The molecular weight excluding hydrogens is 328 g/mol. The lowest BCUT2D eigenvalue weighted by atomic mass is 9.98. The van der Waals surface area contributed by atoms with Crippen LogP contribution in [0.5, 0.6) is 0 Å². The molecule has 0 aromatic heterocycles. The topological polar surface area (TPSA) is 38.5 Å². The number of rotatable bonds is 4. The van der Waals surface area contributed by atoms with Gasteiger partial charge in [0.25, 0.3) is 0 Å². The van der Waals surface area contributed by atoms with Crippen molar-refractivity contribution >= 4 is 28.3 Å². The molecule has 0 aliphatic carbocycles. The summed E-state index contributed by atoms with van der Waals surface area (Å²) in [5, 5.41) is 0. The van der Waals surface area contributed by atoms with Gasteiger partial charge in [-0.1, -0.05) is 28.1 Å². The Morgan fingerprint density at radius 1 is 1.47 bits per heavy atom. The van der Waals surface area contributed by atoms with Crippen LogP contribution < -0.4 is 5.73 Å². The number of piperidine rings is 1. The molecule has 1 aromatic carbocycles. The predicted octanol–water partition coefficient (Wildman–Crippen LogP) is 2.81. The first-order valence-corrected chi connectivity index (χ1v) is 7.23. The Bertz CT molecular complexity index is 391. The maximum absolute atomic E-state index is 5.89. The number of nitrogens with zero attached hydrogens (tertiary/aromatic N) is 1. The molecule has 1 aliphatic rings. The van der Waals surface area contributed by atoms with Crippen molar-refractivity contribution in [2.75, 3.05) is 20.2 Å². The first kappa shape index (κ1) is 16.9. The molecule has 1 fully saturated rings. The molecular formula is C14H22BrClN2O. The highest BCUT2D eigenvalue weighted by atomic mass is 79.9. The number of ether oxygens (including phenoxy) is 1. The van der Waals surface area contributed by atoms with Crippen molar-refractivity contribution in [3.05, 3.63) is 34.3 Å². The van der Waals surface area contributed by atoms with Gasteiger partial charge in [0.15, 0.2) is 0 Å². The van der Waals surface area contributed by atoms with E-state index in [1.165, 1.54) is 5.56 Å². The SMILES string of the molecule is COC1CCN(Cc2cccc(Br)c2)C(CN)C1.Cl. The number of benzene rings is 1. The second kappa shape index (κ2) is 8.22. The highest BCUT2D eigenvalue weighted by Gasteiger charge is 2.27. The molecule has 0 bridgehead atoms. The van der Waals surface area contributed by atoms with Crippen LogP contribution in [0.2, 0.25) is 0 Å². The van der Waals surface area contributed by atoms with E-state index >= 15 is 0 Å². The van der Waals surface area contributed by atoms with Gasteiger partial charge in [0.1, 0.15) is 0 Å². The van der Waals surface area contributed by atoms with Crippen LogP contribution in [0.4, 0.5) is 0 Å². The Morgan fingerprint density at radius 2 is 2.26 bits per heavy atom. The zero-order valence-corrected chi connectivity index (χ0v) is 13.6. The third-order valence-electron chi connectivity index (χ3n) is 3.67. The highest BCUT2D eigenvalue weighted by Crippen LogP contribution is 2.22. The van der Waals surface area contributed by atoms with Crippen molar-refractivity contribution < 1.29 is 4.74 Å². The van der Waals surface area contributed by atoms with Crippen LogP contribution >= 0.6 is 28.3 Å². The monoisotopic (exact) mass is 348 g/mol. The number of halogens is 2. The lowest BCUT2D eigenvalue weighted by Gasteiger charge is -2.38. The summed E-state index contributed by atoms with van der Waals surface area (Å²) in [5.74, 6) is 0. The van der Waals surface area contributed by atoms with Gasteiger partial charge in [-0.3, -0.25) is 4.90 Å². The average molecular weight is 350 g/mol. The minimum absolute atomic E-state index is 0. The Morgan fingerprint density at radius 3 is 2.89 bits per heavy atom. The minimum atomic E-state index is 0. The molecule has 0 saturated carbocycles. The summed E-state index contributed by atoms with van der Waals surface area (Å²) in [6.07, 6.45) is 2.51. The van der Waals surface area contributed by atoms with E-state index in [1.807, 2.05) is 0 Å². The van der Waals surface area contributed by atoms with Gasteiger partial charge in [-0.15, -0.1) is 12.4 Å². The zero-order valence-electron chi connectivity index (χ0n) is 11.2. The Labute approximate surface area is 130 Å².